The van der Waals surface area contributed by atoms with Gasteiger partial charge >= 0.3 is 0 Å². The number of carbonyl (C=O) groups excluding carboxylic acids is 1. The van der Waals surface area contributed by atoms with Gasteiger partial charge in [-0.25, -0.2) is 4.99 Å². The fourth-order valence-corrected chi connectivity index (χ4v) is 1.95. The van der Waals surface area contributed by atoms with E-state index in [1.165, 1.54) is 0 Å². The SMILES string of the molecule is O=C1NC(=Nc2cccnc2)C=C2C=CC=CC12. The van der Waals surface area contributed by atoms with Crippen LogP contribution in [-0.4, -0.2) is 16.7 Å². The zero-order valence-corrected chi connectivity index (χ0v) is 9.58. The Morgan fingerprint density at radius 1 is 1.33 bits per heavy atom. The lowest BCUT2D eigenvalue weighted by molar-refractivity contribution is -0.121. The third kappa shape index (κ3) is 2.00. The van der Waals surface area contributed by atoms with Crippen LogP contribution in [0.15, 0.2) is 65.5 Å². The molecule has 1 unspecified atom stereocenters. The van der Waals surface area contributed by atoms with Crippen molar-refractivity contribution in [3.63, 3.8) is 0 Å². The summed E-state index contributed by atoms with van der Waals surface area (Å²) in [7, 11) is 0. The van der Waals surface area contributed by atoms with Gasteiger partial charge in [-0.3, -0.25) is 9.78 Å². The lowest BCUT2D eigenvalue weighted by atomic mass is 9.91. The van der Waals surface area contributed by atoms with Gasteiger partial charge in [0.05, 0.1) is 17.8 Å². The molecule has 88 valence electrons. The normalized spacial score (nSPS) is 23.6. The number of allylic oxidation sites excluding steroid dienone is 3. The smallest absolute Gasteiger partial charge is 0.236 e. The highest BCUT2D eigenvalue weighted by Crippen LogP contribution is 2.22. The summed E-state index contributed by atoms with van der Waals surface area (Å²) in [6.45, 7) is 0. The van der Waals surface area contributed by atoms with Crippen molar-refractivity contribution in [2.24, 2.45) is 10.9 Å². The van der Waals surface area contributed by atoms with E-state index in [0.717, 1.165) is 11.3 Å². The van der Waals surface area contributed by atoms with Gasteiger partial charge in [-0.15, -0.1) is 0 Å². The first-order valence-electron chi connectivity index (χ1n) is 5.69. The zero-order valence-electron chi connectivity index (χ0n) is 9.58. The molecule has 2 heterocycles. The van der Waals surface area contributed by atoms with Crippen molar-refractivity contribution >= 4 is 17.4 Å². The molecule has 1 atom stereocenters. The minimum atomic E-state index is -0.192. The van der Waals surface area contributed by atoms with E-state index in [2.05, 4.69) is 15.3 Å². The number of aromatic nitrogens is 1. The second kappa shape index (κ2) is 4.41. The van der Waals surface area contributed by atoms with Crippen LogP contribution in [0.25, 0.3) is 0 Å². The first kappa shape index (κ1) is 10.7. The standard InChI is InChI=1S/C14H11N3O/c18-14-12-6-2-1-4-10(12)8-13(17-14)16-11-5-3-7-15-9-11/h1-9,12H,(H,16,17,18). The highest BCUT2D eigenvalue weighted by atomic mass is 16.2. The third-order valence-corrected chi connectivity index (χ3v) is 2.80. The molecule has 0 spiro atoms. The van der Waals surface area contributed by atoms with Gasteiger partial charge in [0.1, 0.15) is 5.84 Å². The van der Waals surface area contributed by atoms with Crippen LogP contribution in [0, 0.1) is 5.92 Å². The fraction of sp³-hybridized carbons (Fsp3) is 0.0714. The first-order chi connectivity index (χ1) is 8.83. The number of hydrogen-bond donors (Lipinski definition) is 1. The summed E-state index contributed by atoms with van der Waals surface area (Å²) < 4.78 is 0. The van der Waals surface area contributed by atoms with Crippen molar-refractivity contribution in [3.05, 3.63) is 60.5 Å². The number of hydrogen-bond acceptors (Lipinski definition) is 3. The van der Waals surface area contributed by atoms with E-state index in [0.29, 0.717) is 5.84 Å². The Morgan fingerprint density at radius 3 is 3.11 bits per heavy atom. The number of nitrogens with zero attached hydrogens (tertiary/aromatic N) is 2. The van der Waals surface area contributed by atoms with Crippen LogP contribution in [0.1, 0.15) is 0 Å². The molecule has 1 aliphatic carbocycles. The fourth-order valence-electron chi connectivity index (χ4n) is 1.95. The molecule has 1 aromatic heterocycles. The lowest BCUT2D eigenvalue weighted by Crippen LogP contribution is -2.39. The van der Waals surface area contributed by atoms with Crippen molar-refractivity contribution in [1.82, 2.24) is 10.3 Å². The molecule has 0 saturated carbocycles. The summed E-state index contributed by atoms with van der Waals surface area (Å²) in [5.74, 6) is 0.317. The number of aliphatic imine (C=N–C) groups is 1. The van der Waals surface area contributed by atoms with Crippen molar-refractivity contribution < 1.29 is 4.79 Å². The van der Waals surface area contributed by atoms with Crippen LogP contribution in [0.3, 0.4) is 0 Å². The molecule has 0 fully saturated rings. The summed E-state index contributed by atoms with van der Waals surface area (Å²) in [6.07, 6.45) is 12.8. The molecule has 4 heteroatoms. The number of amidine groups is 1. The average molecular weight is 237 g/mol. The molecule has 0 aromatic carbocycles. The number of rotatable bonds is 1. The topological polar surface area (TPSA) is 54.4 Å². The van der Waals surface area contributed by atoms with Gasteiger partial charge in [0.15, 0.2) is 0 Å². The molecule has 0 saturated heterocycles. The van der Waals surface area contributed by atoms with Crippen LogP contribution in [0.4, 0.5) is 5.69 Å². The molecule has 0 bridgehead atoms. The summed E-state index contributed by atoms with van der Waals surface area (Å²) in [4.78, 5) is 20.2. The largest absolute Gasteiger partial charge is 0.310 e. The predicted molar refractivity (Wildman–Crippen MR) is 69.3 cm³/mol. The molecular formula is C14H11N3O. The molecule has 4 nitrogen and oxygen atoms in total. The number of carbonyl (C=O) groups is 1. The predicted octanol–water partition coefficient (Wildman–Crippen LogP) is 1.91. The Bertz CT molecular complexity index is 597. The zero-order chi connectivity index (χ0) is 12.4. The van der Waals surface area contributed by atoms with Gasteiger partial charge in [-0.2, -0.15) is 0 Å². The Balaban J connectivity index is 1.96. The Labute approximate surface area is 104 Å². The lowest BCUT2D eigenvalue weighted by Gasteiger charge is -2.22. The van der Waals surface area contributed by atoms with Crippen LogP contribution in [-0.2, 0) is 4.79 Å². The van der Waals surface area contributed by atoms with Crippen LogP contribution in [0.2, 0.25) is 0 Å². The van der Waals surface area contributed by atoms with Crippen molar-refractivity contribution in [1.29, 1.82) is 0 Å². The molecule has 3 rings (SSSR count). The number of fused-ring (bicyclic) bond motifs is 1. The molecule has 1 aliphatic heterocycles. The molecular weight excluding hydrogens is 226 g/mol. The van der Waals surface area contributed by atoms with E-state index in [9.17, 15) is 4.79 Å². The van der Waals surface area contributed by atoms with Crippen molar-refractivity contribution in [2.45, 2.75) is 0 Å². The van der Waals surface area contributed by atoms with Gasteiger partial charge in [0.2, 0.25) is 5.91 Å². The van der Waals surface area contributed by atoms with E-state index < -0.39 is 0 Å². The summed E-state index contributed by atoms with van der Waals surface area (Å²) in [5.41, 5.74) is 1.68. The highest BCUT2D eigenvalue weighted by molar-refractivity contribution is 6.11. The van der Waals surface area contributed by atoms with Gasteiger partial charge < -0.3 is 5.32 Å². The molecule has 1 amide bonds. The van der Waals surface area contributed by atoms with Crippen molar-refractivity contribution in [3.8, 4) is 0 Å². The average Bonchev–Trinajstić information content (AvgIpc) is 2.40. The van der Waals surface area contributed by atoms with E-state index in [1.54, 1.807) is 12.4 Å². The summed E-state index contributed by atoms with van der Waals surface area (Å²) in [6, 6.07) is 3.65. The minimum Gasteiger partial charge on any atom is -0.310 e. The van der Waals surface area contributed by atoms with Crippen LogP contribution < -0.4 is 5.32 Å². The Hall–Kier alpha value is -2.49. The molecule has 18 heavy (non-hydrogen) atoms. The van der Waals surface area contributed by atoms with Crippen molar-refractivity contribution in [2.75, 3.05) is 0 Å². The van der Waals surface area contributed by atoms with Gasteiger partial charge in [0, 0.05) is 6.20 Å². The summed E-state index contributed by atoms with van der Waals surface area (Å²) >= 11 is 0. The molecule has 0 radical (unpaired) electrons. The first-order valence-corrected chi connectivity index (χ1v) is 5.69. The third-order valence-electron chi connectivity index (χ3n) is 2.80. The van der Waals surface area contributed by atoms with E-state index in [4.69, 9.17) is 0 Å². The van der Waals surface area contributed by atoms with E-state index >= 15 is 0 Å². The number of pyridine rings is 1. The Morgan fingerprint density at radius 2 is 2.28 bits per heavy atom. The van der Waals surface area contributed by atoms with E-state index in [1.807, 2.05) is 42.5 Å². The summed E-state index contributed by atoms with van der Waals surface area (Å²) in [5, 5.41) is 2.79. The van der Waals surface area contributed by atoms with Crippen LogP contribution >= 0.6 is 0 Å². The second-order valence-electron chi connectivity index (χ2n) is 4.06. The minimum absolute atomic E-state index is 0.0456. The molecule has 2 aliphatic rings. The van der Waals surface area contributed by atoms with Gasteiger partial charge in [-0.1, -0.05) is 24.3 Å². The maximum Gasteiger partial charge on any atom is 0.236 e. The van der Waals surface area contributed by atoms with Gasteiger partial charge in [0.25, 0.3) is 0 Å². The maximum absolute atomic E-state index is 11.9. The molecule has 1 aromatic rings. The number of amides is 1. The van der Waals surface area contributed by atoms with Gasteiger partial charge in [-0.05, 0) is 23.8 Å². The Kier molecular flexibility index (Phi) is 2.61. The number of nitrogens with one attached hydrogen (secondary N) is 1. The molecule has 1 N–H and O–H groups in total. The van der Waals surface area contributed by atoms with Crippen LogP contribution in [0.5, 0.6) is 0 Å². The monoisotopic (exact) mass is 237 g/mol. The maximum atomic E-state index is 11.9. The quantitative estimate of drug-likeness (QED) is 0.811. The highest BCUT2D eigenvalue weighted by Gasteiger charge is 2.25. The second-order valence-corrected chi connectivity index (χ2v) is 4.06. The van der Waals surface area contributed by atoms with E-state index in [-0.39, 0.29) is 11.8 Å².